The third-order valence-corrected chi connectivity index (χ3v) is 1.59. The molecule has 0 aliphatic rings. The molecule has 0 aliphatic heterocycles. The van der Waals surface area contributed by atoms with Crippen molar-refractivity contribution in [2.24, 2.45) is 0 Å². The summed E-state index contributed by atoms with van der Waals surface area (Å²) in [6, 6.07) is 8.25. The largest absolute Gasteiger partial charge is 0.392 e. The van der Waals surface area contributed by atoms with Gasteiger partial charge in [-0.3, -0.25) is 0 Å². The maximum Gasteiger partial charge on any atom is 0.0681 e. The molecule has 3 heteroatoms. The standard InChI is InChI=1S/C10H15NO.Y/c1-8(2)11-10-5-3-9(7-12)4-6-10;/h3-6,8,11-12H,7H2,1-2H3;. The van der Waals surface area contributed by atoms with Crippen LogP contribution in [0, 0.1) is 0 Å². The van der Waals surface area contributed by atoms with Crippen LogP contribution >= 0.6 is 0 Å². The summed E-state index contributed by atoms with van der Waals surface area (Å²) in [4.78, 5) is 0. The molecule has 0 amide bonds. The van der Waals surface area contributed by atoms with Gasteiger partial charge in [0.1, 0.15) is 0 Å². The molecule has 0 bridgehead atoms. The third-order valence-electron chi connectivity index (χ3n) is 1.59. The smallest absolute Gasteiger partial charge is 0.0681 e. The monoisotopic (exact) mass is 254 g/mol. The van der Waals surface area contributed by atoms with E-state index in [1.165, 1.54) is 0 Å². The van der Waals surface area contributed by atoms with E-state index in [1.54, 1.807) is 0 Å². The van der Waals surface area contributed by atoms with Crippen LogP contribution in [0.5, 0.6) is 0 Å². The van der Waals surface area contributed by atoms with Gasteiger partial charge >= 0.3 is 0 Å². The van der Waals surface area contributed by atoms with Crippen molar-refractivity contribution in [3.05, 3.63) is 29.8 Å². The molecule has 1 radical (unpaired) electrons. The number of anilines is 1. The second-order valence-electron chi connectivity index (χ2n) is 3.15. The van der Waals surface area contributed by atoms with Gasteiger partial charge in [-0.2, -0.15) is 0 Å². The van der Waals surface area contributed by atoms with Gasteiger partial charge in [0.15, 0.2) is 0 Å². The number of nitrogens with one attached hydrogen (secondary N) is 1. The molecule has 0 unspecified atom stereocenters. The molecule has 0 aromatic heterocycles. The number of hydrogen-bond acceptors (Lipinski definition) is 2. The van der Waals surface area contributed by atoms with Crippen LogP contribution in [0.4, 0.5) is 5.69 Å². The fraction of sp³-hybridized carbons (Fsp3) is 0.400. The first kappa shape index (κ1) is 13.1. The Morgan fingerprint density at radius 3 is 2.15 bits per heavy atom. The van der Waals surface area contributed by atoms with Gasteiger partial charge in [0, 0.05) is 44.4 Å². The molecule has 1 aromatic rings. The molecule has 0 aliphatic carbocycles. The van der Waals surface area contributed by atoms with Gasteiger partial charge in [0.2, 0.25) is 0 Å². The van der Waals surface area contributed by atoms with Crippen molar-refractivity contribution in [2.45, 2.75) is 26.5 Å². The van der Waals surface area contributed by atoms with E-state index in [1.807, 2.05) is 24.3 Å². The minimum absolute atomic E-state index is 0. The SMILES string of the molecule is CC(C)Nc1ccc(CO)cc1.[Y]. The summed E-state index contributed by atoms with van der Waals surface area (Å²) in [5.74, 6) is 0. The van der Waals surface area contributed by atoms with Crippen LogP contribution < -0.4 is 5.32 Å². The van der Waals surface area contributed by atoms with E-state index in [4.69, 9.17) is 5.11 Å². The minimum Gasteiger partial charge on any atom is -0.392 e. The molecule has 0 atom stereocenters. The molecular formula is C10H15NOY. The summed E-state index contributed by atoms with van der Waals surface area (Å²) in [6.07, 6.45) is 0. The zero-order valence-corrected chi connectivity index (χ0v) is 11.0. The van der Waals surface area contributed by atoms with Gasteiger partial charge < -0.3 is 10.4 Å². The van der Waals surface area contributed by atoms with E-state index in [-0.39, 0.29) is 39.3 Å². The molecule has 0 fully saturated rings. The van der Waals surface area contributed by atoms with E-state index in [0.29, 0.717) is 6.04 Å². The molecular weight excluding hydrogens is 239 g/mol. The summed E-state index contributed by atoms with van der Waals surface area (Å²) in [6.45, 7) is 4.31. The molecule has 2 nitrogen and oxygen atoms in total. The van der Waals surface area contributed by atoms with Crippen molar-refractivity contribution in [3.8, 4) is 0 Å². The summed E-state index contributed by atoms with van der Waals surface area (Å²) < 4.78 is 0. The Hall–Kier alpha value is 0.0839. The van der Waals surface area contributed by atoms with Gasteiger partial charge in [-0.15, -0.1) is 0 Å². The normalized spacial score (nSPS) is 9.54. The van der Waals surface area contributed by atoms with Crippen LogP contribution in [-0.2, 0) is 39.3 Å². The summed E-state index contributed by atoms with van der Waals surface area (Å²) in [7, 11) is 0. The Kier molecular flexibility index (Phi) is 6.57. The second-order valence-corrected chi connectivity index (χ2v) is 3.15. The third kappa shape index (κ3) is 4.75. The molecule has 0 saturated carbocycles. The van der Waals surface area contributed by atoms with Gasteiger partial charge in [-0.1, -0.05) is 12.1 Å². The van der Waals surface area contributed by atoms with Crippen LogP contribution in [0.15, 0.2) is 24.3 Å². The van der Waals surface area contributed by atoms with Crippen molar-refractivity contribution >= 4 is 5.69 Å². The Morgan fingerprint density at radius 1 is 1.23 bits per heavy atom. The molecule has 0 spiro atoms. The first-order chi connectivity index (χ1) is 5.72. The van der Waals surface area contributed by atoms with Crippen LogP contribution in [-0.4, -0.2) is 11.1 Å². The Morgan fingerprint density at radius 2 is 1.77 bits per heavy atom. The number of hydrogen-bond donors (Lipinski definition) is 2. The van der Waals surface area contributed by atoms with E-state index in [9.17, 15) is 0 Å². The molecule has 13 heavy (non-hydrogen) atoms. The van der Waals surface area contributed by atoms with E-state index >= 15 is 0 Å². The maximum atomic E-state index is 8.79. The first-order valence-electron chi connectivity index (χ1n) is 4.18. The predicted octanol–water partition coefficient (Wildman–Crippen LogP) is 2.00. The molecule has 0 heterocycles. The van der Waals surface area contributed by atoms with E-state index < -0.39 is 0 Å². The van der Waals surface area contributed by atoms with E-state index in [0.717, 1.165) is 11.3 Å². The van der Waals surface area contributed by atoms with Crippen molar-refractivity contribution in [2.75, 3.05) is 5.32 Å². The summed E-state index contributed by atoms with van der Waals surface area (Å²) in [5.41, 5.74) is 2.05. The maximum absolute atomic E-state index is 8.79. The summed E-state index contributed by atoms with van der Waals surface area (Å²) >= 11 is 0. The predicted molar refractivity (Wildman–Crippen MR) is 51.1 cm³/mol. The average molecular weight is 254 g/mol. The molecule has 2 N–H and O–H groups in total. The molecule has 1 aromatic carbocycles. The number of rotatable bonds is 3. The van der Waals surface area contributed by atoms with Gasteiger partial charge in [0.25, 0.3) is 0 Å². The fourth-order valence-corrected chi connectivity index (χ4v) is 1.04. The minimum atomic E-state index is 0. The quantitative estimate of drug-likeness (QED) is 0.864. The Labute approximate surface area is 105 Å². The van der Waals surface area contributed by atoms with Gasteiger partial charge in [-0.05, 0) is 31.5 Å². The molecule has 1 rings (SSSR count). The van der Waals surface area contributed by atoms with Crippen molar-refractivity contribution in [1.82, 2.24) is 0 Å². The van der Waals surface area contributed by atoms with Crippen LogP contribution in [0.3, 0.4) is 0 Å². The van der Waals surface area contributed by atoms with Crippen LogP contribution in [0.2, 0.25) is 0 Å². The van der Waals surface area contributed by atoms with Gasteiger partial charge in [-0.25, -0.2) is 0 Å². The van der Waals surface area contributed by atoms with Crippen molar-refractivity contribution < 1.29 is 37.8 Å². The Bertz CT molecular complexity index is 233. The van der Waals surface area contributed by atoms with Gasteiger partial charge in [0.05, 0.1) is 6.61 Å². The van der Waals surface area contributed by atoms with Crippen molar-refractivity contribution in [3.63, 3.8) is 0 Å². The number of aliphatic hydroxyl groups excluding tert-OH is 1. The molecule has 69 valence electrons. The van der Waals surface area contributed by atoms with Crippen LogP contribution in [0.1, 0.15) is 19.4 Å². The molecule has 0 saturated heterocycles. The average Bonchev–Trinajstić information content (AvgIpc) is 2.05. The topological polar surface area (TPSA) is 32.3 Å². The second kappa shape index (κ2) is 6.52. The summed E-state index contributed by atoms with van der Waals surface area (Å²) in [5, 5.41) is 12.1. The van der Waals surface area contributed by atoms with E-state index in [2.05, 4.69) is 19.2 Å². The number of benzene rings is 1. The van der Waals surface area contributed by atoms with Crippen molar-refractivity contribution in [1.29, 1.82) is 0 Å². The zero-order valence-electron chi connectivity index (χ0n) is 8.12. The zero-order chi connectivity index (χ0) is 8.97. The van der Waals surface area contributed by atoms with Crippen LogP contribution in [0.25, 0.3) is 0 Å². The number of aliphatic hydroxyl groups is 1. The fourth-order valence-electron chi connectivity index (χ4n) is 1.04. The first-order valence-corrected chi connectivity index (χ1v) is 4.18. The Balaban J connectivity index is 0.00000144.